The van der Waals surface area contributed by atoms with E-state index in [9.17, 15) is 8.78 Å². The predicted octanol–water partition coefficient (Wildman–Crippen LogP) is 1.87. The largest absolute Gasteiger partial charge is 0.383 e. The van der Waals surface area contributed by atoms with Crippen molar-refractivity contribution in [3.63, 3.8) is 0 Å². The van der Waals surface area contributed by atoms with Crippen molar-refractivity contribution in [1.29, 1.82) is 0 Å². The van der Waals surface area contributed by atoms with Crippen LogP contribution in [0.2, 0.25) is 0 Å². The number of nitrogens with zero attached hydrogens (tertiary/aromatic N) is 6. The summed E-state index contributed by atoms with van der Waals surface area (Å²) in [5.41, 5.74) is 0.703. The van der Waals surface area contributed by atoms with Crippen molar-refractivity contribution in [2.75, 3.05) is 0 Å². The van der Waals surface area contributed by atoms with Crippen LogP contribution in [-0.4, -0.2) is 29.6 Å². The van der Waals surface area contributed by atoms with Crippen LogP contribution in [0.25, 0.3) is 15.7 Å². The zero-order chi connectivity index (χ0) is 12.9. The molecular formula is C8H5ClF2N6S. The second-order valence-electron chi connectivity index (χ2n) is 3.46. The van der Waals surface area contributed by atoms with Crippen LogP contribution >= 0.6 is 22.9 Å². The topological polar surface area (TPSA) is 60.9 Å². The Labute approximate surface area is 108 Å². The molecule has 3 aromatic rings. The SMILES string of the molecule is Cn1nccc1-c1nn2c(C(F)(F)Cl)nnc2s1. The van der Waals surface area contributed by atoms with Crippen LogP contribution in [0.3, 0.4) is 0 Å². The van der Waals surface area contributed by atoms with Gasteiger partial charge >= 0.3 is 5.38 Å². The average Bonchev–Trinajstić information content (AvgIpc) is 2.87. The number of alkyl halides is 3. The lowest BCUT2D eigenvalue weighted by atomic mass is 10.4. The van der Waals surface area contributed by atoms with Gasteiger partial charge in [-0.25, -0.2) is 0 Å². The minimum Gasteiger partial charge on any atom is -0.265 e. The third kappa shape index (κ3) is 1.66. The van der Waals surface area contributed by atoms with E-state index in [2.05, 4.69) is 20.4 Å². The summed E-state index contributed by atoms with van der Waals surface area (Å²) >= 11 is 6.07. The molecule has 0 aliphatic carbocycles. The number of aromatic nitrogens is 6. The Balaban J connectivity index is 2.19. The monoisotopic (exact) mass is 290 g/mol. The molecule has 0 bridgehead atoms. The molecule has 3 heterocycles. The Bertz CT molecular complexity index is 711. The molecule has 3 aromatic heterocycles. The number of halogens is 3. The maximum Gasteiger partial charge on any atom is 0.383 e. The van der Waals surface area contributed by atoms with Gasteiger partial charge in [0.25, 0.3) is 0 Å². The number of hydrogen-bond donors (Lipinski definition) is 0. The van der Waals surface area contributed by atoms with Gasteiger partial charge in [-0.1, -0.05) is 11.3 Å². The lowest BCUT2D eigenvalue weighted by Gasteiger charge is -2.01. The Morgan fingerprint density at radius 2 is 2.17 bits per heavy atom. The molecule has 0 saturated heterocycles. The lowest BCUT2D eigenvalue weighted by Crippen LogP contribution is -2.10. The van der Waals surface area contributed by atoms with Crippen LogP contribution in [0.4, 0.5) is 8.78 Å². The summed E-state index contributed by atoms with van der Waals surface area (Å²) in [5, 5.41) is 11.9. The molecule has 0 atom stereocenters. The van der Waals surface area contributed by atoms with Crippen LogP contribution < -0.4 is 0 Å². The zero-order valence-electron chi connectivity index (χ0n) is 8.88. The maximum atomic E-state index is 13.0. The fourth-order valence-electron chi connectivity index (χ4n) is 1.48. The molecule has 0 N–H and O–H groups in total. The van der Waals surface area contributed by atoms with Crippen molar-refractivity contribution >= 4 is 27.9 Å². The molecule has 10 heteroatoms. The minimum absolute atomic E-state index is 0.251. The van der Waals surface area contributed by atoms with Crippen molar-refractivity contribution < 1.29 is 8.78 Å². The van der Waals surface area contributed by atoms with Crippen molar-refractivity contribution in [3.05, 3.63) is 18.1 Å². The van der Waals surface area contributed by atoms with Crippen molar-refractivity contribution in [3.8, 4) is 10.7 Å². The van der Waals surface area contributed by atoms with Crippen LogP contribution in [-0.2, 0) is 12.4 Å². The standard InChI is InChI=1S/C8H5ClF2N6S/c1-16-4(2-3-12-16)5-15-17-6(8(9,10)11)13-14-7(17)18-5/h2-3H,1H3. The van der Waals surface area contributed by atoms with E-state index in [1.165, 1.54) is 0 Å². The number of hydrogen-bond acceptors (Lipinski definition) is 5. The number of aryl methyl sites for hydroxylation is 1. The van der Waals surface area contributed by atoms with Gasteiger partial charge in [0.15, 0.2) is 5.01 Å². The van der Waals surface area contributed by atoms with Gasteiger partial charge in [-0.05, 0) is 17.7 Å². The lowest BCUT2D eigenvalue weighted by molar-refractivity contribution is 0.0821. The summed E-state index contributed by atoms with van der Waals surface area (Å²) in [6.07, 6.45) is 1.59. The first kappa shape index (κ1) is 11.5. The van der Waals surface area contributed by atoms with Gasteiger partial charge in [-0.15, -0.1) is 10.2 Å². The van der Waals surface area contributed by atoms with E-state index in [1.807, 2.05) is 0 Å². The Morgan fingerprint density at radius 1 is 1.39 bits per heavy atom. The second kappa shape index (κ2) is 3.69. The zero-order valence-corrected chi connectivity index (χ0v) is 10.5. The molecule has 0 spiro atoms. The first-order valence-corrected chi connectivity index (χ1v) is 5.94. The van der Waals surface area contributed by atoms with Crippen molar-refractivity contribution in [1.82, 2.24) is 29.6 Å². The van der Waals surface area contributed by atoms with E-state index in [-0.39, 0.29) is 4.96 Å². The molecule has 0 saturated carbocycles. The molecule has 0 aliphatic heterocycles. The summed E-state index contributed by atoms with van der Waals surface area (Å²) in [6, 6.07) is 1.73. The highest BCUT2D eigenvalue weighted by Gasteiger charge is 2.35. The van der Waals surface area contributed by atoms with Crippen LogP contribution in [0.15, 0.2) is 12.3 Å². The third-order valence-corrected chi connectivity index (χ3v) is 3.37. The molecule has 3 rings (SSSR count). The van der Waals surface area contributed by atoms with Gasteiger partial charge in [0.1, 0.15) is 0 Å². The molecule has 0 radical (unpaired) electrons. The minimum atomic E-state index is -3.60. The van der Waals surface area contributed by atoms with Gasteiger partial charge in [0.05, 0.1) is 5.69 Å². The molecule has 0 aliphatic rings. The molecule has 0 amide bonds. The fourth-order valence-corrected chi connectivity index (χ4v) is 2.49. The maximum absolute atomic E-state index is 13.0. The molecule has 18 heavy (non-hydrogen) atoms. The van der Waals surface area contributed by atoms with Crippen LogP contribution in [0, 0.1) is 0 Å². The number of fused-ring (bicyclic) bond motifs is 1. The van der Waals surface area contributed by atoms with Crippen molar-refractivity contribution in [2.45, 2.75) is 5.38 Å². The quantitative estimate of drug-likeness (QED) is 0.676. The molecule has 94 valence electrons. The van der Waals surface area contributed by atoms with Crippen molar-refractivity contribution in [2.24, 2.45) is 7.05 Å². The van der Waals surface area contributed by atoms with Gasteiger partial charge < -0.3 is 0 Å². The molecule has 0 aromatic carbocycles. The highest BCUT2D eigenvalue weighted by molar-refractivity contribution is 7.19. The van der Waals surface area contributed by atoms with Crippen LogP contribution in [0.1, 0.15) is 5.82 Å². The smallest absolute Gasteiger partial charge is 0.265 e. The van der Waals surface area contributed by atoms with E-state index in [0.717, 1.165) is 15.9 Å². The first-order chi connectivity index (χ1) is 8.47. The highest BCUT2D eigenvalue weighted by atomic mass is 35.5. The second-order valence-corrected chi connectivity index (χ2v) is 4.89. The highest BCUT2D eigenvalue weighted by Crippen LogP contribution is 2.33. The average molecular weight is 291 g/mol. The summed E-state index contributed by atoms with van der Waals surface area (Å²) in [5.74, 6) is -0.691. The summed E-state index contributed by atoms with van der Waals surface area (Å²) < 4.78 is 28.6. The molecular weight excluding hydrogens is 286 g/mol. The Kier molecular flexibility index (Phi) is 2.35. The Morgan fingerprint density at radius 3 is 2.78 bits per heavy atom. The summed E-state index contributed by atoms with van der Waals surface area (Å²) in [7, 11) is 1.73. The summed E-state index contributed by atoms with van der Waals surface area (Å²) in [4.78, 5) is 0.251. The molecule has 0 unspecified atom stereocenters. The molecule has 6 nitrogen and oxygen atoms in total. The fraction of sp³-hybridized carbons (Fsp3) is 0.250. The van der Waals surface area contributed by atoms with E-state index < -0.39 is 11.2 Å². The normalized spacial score (nSPS) is 12.4. The van der Waals surface area contributed by atoms with Gasteiger partial charge in [-0.2, -0.15) is 23.5 Å². The first-order valence-electron chi connectivity index (χ1n) is 4.74. The van der Waals surface area contributed by atoms with Gasteiger partial charge in [0, 0.05) is 13.2 Å². The third-order valence-electron chi connectivity index (χ3n) is 2.28. The van der Waals surface area contributed by atoms with Crippen LogP contribution in [0.5, 0.6) is 0 Å². The number of rotatable bonds is 2. The summed E-state index contributed by atoms with van der Waals surface area (Å²) in [6.45, 7) is 0. The van der Waals surface area contributed by atoms with E-state index in [1.54, 1.807) is 24.0 Å². The van der Waals surface area contributed by atoms with E-state index in [4.69, 9.17) is 11.6 Å². The molecule has 0 fully saturated rings. The van der Waals surface area contributed by atoms with E-state index >= 15 is 0 Å². The van der Waals surface area contributed by atoms with E-state index in [0.29, 0.717) is 10.7 Å². The Hall–Kier alpha value is -1.61. The van der Waals surface area contributed by atoms with Gasteiger partial charge in [-0.3, -0.25) is 4.68 Å². The van der Waals surface area contributed by atoms with Gasteiger partial charge in [0.2, 0.25) is 10.8 Å². The predicted molar refractivity (Wildman–Crippen MR) is 60.6 cm³/mol.